The van der Waals surface area contributed by atoms with E-state index in [-0.39, 0.29) is 0 Å². The van der Waals surface area contributed by atoms with Gasteiger partial charge in [0.05, 0.1) is 13.2 Å². The average molecular weight is 340 g/mol. The fourth-order valence-electron chi connectivity index (χ4n) is 2.03. The zero-order chi connectivity index (χ0) is 13.8. The first-order chi connectivity index (χ1) is 9.11. The molecule has 6 nitrogen and oxygen atoms in total. The fraction of sp³-hybridized carbons (Fsp3) is 0.778. The molecular weight excluding hydrogens is 322 g/mol. The molecule has 0 spiro atoms. The van der Waals surface area contributed by atoms with Crippen molar-refractivity contribution in [3.05, 3.63) is 0 Å². The molecule has 2 aliphatic heterocycles. The van der Waals surface area contributed by atoms with Gasteiger partial charge in [-0.2, -0.15) is 15.2 Å². The monoisotopic (exact) mass is 339 g/mol. The summed E-state index contributed by atoms with van der Waals surface area (Å²) >= 11 is 19.1. The topological polar surface area (TPSA) is 34.2 Å². The van der Waals surface area contributed by atoms with E-state index in [1.54, 1.807) is 10.2 Å². The summed E-state index contributed by atoms with van der Waals surface area (Å²) < 4.78 is 6.20. The molecule has 0 aromatic rings. The summed E-state index contributed by atoms with van der Waals surface area (Å²) in [7, 11) is 0. The molecule has 0 unspecified atom stereocenters. The lowest BCUT2D eigenvalue weighted by molar-refractivity contribution is -0.206. The molecule has 0 amide bonds. The zero-order valence-electron chi connectivity index (χ0n) is 10.4. The molecule has 0 atom stereocenters. The van der Waals surface area contributed by atoms with Crippen LogP contribution in [0.5, 0.6) is 0 Å². The predicted molar refractivity (Wildman–Crippen MR) is 88.6 cm³/mol. The van der Waals surface area contributed by atoms with Crippen LogP contribution in [0.4, 0.5) is 0 Å². The van der Waals surface area contributed by atoms with Crippen LogP contribution in [-0.4, -0.2) is 68.4 Å². The van der Waals surface area contributed by atoms with Crippen molar-refractivity contribution in [3.8, 4) is 0 Å². The van der Waals surface area contributed by atoms with Crippen LogP contribution in [0.15, 0.2) is 0 Å². The molecule has 0 aromatic carbocycles. The minimum absolute atomic E-state index is 0.414. The lowest BCUT2D eigenvalue weighted by Gasteiger charge is -2.46. The van der Waals surface area contributed by atoms with E-state index in [2.05, 4.69) is 35.7 Å². The number of hydrazine groups is 4. The Kier molecular flexibility index (Phi) is 6.09. The predicted octanol–water partition coefficient (Wildman–Crippen LogP) is 0.307. The van der Waals surface area contributed by atoms with Crippen LogP contribution in [0.25, 0.3) is 0 Å². The van der Waals surface area contributed by atoms with Crippen molar-refractivity contribution in [2.45, 2.75) is 6.42 Å². The number of ether oxygens (including phenoxy) is 1. The van der Waals surface area contributed by atoms with Crippen molar-refractivity contribution in [2.75, 3.05) is 39.4 Å². The average Bonchev–Trinajstić information content (AvgIpc) is 2.89. The van der Waals surface area contributed by atoms with Gasteiger partial charge in [0.2, 0.25) is 0 Å². The third-order valence-electron chi connectivity index (χ3n) is 2.85. The van der Waals surface area contributed by atoms with E-state index in [4.69, 9.17) is 29.2 Å². The smallest absolute Gasteiger partial charge is 0.172 e. The Hall–Kier alpha value is 0.320. The highest BCUT2D eigenvalue weighted by Crippen LogP contribution is 2.17. The molecule has 19 heavy (non-hydrogen) atoms. The lowest BCUT2D eigenvalue weighted by Crippen LogP contribution is -2.64. The van der Waals surface area contributed by atoms with Crippen LogP contribution >= 0.6 is 49.7 Å². The van der Waals surface area contributed by atoms with Gasteiger partial charge in [0.15, 0.2) is 8.64 Å². The van der Waals surface area contributed by atoms with Gasteiger partial charge in [-0.25, -0.2) is 5.43 Å². The Morgan fingerprint density at radius 2 is 1.68 bits per heavy atom. The second-order valence-electron chi connectivity index (χ2n) is 4.09. The van der Waals surface area contributed by atoms with Crippen LogP contribution in [0.3, 0.4) is 0 Å². The maximum atomic E-state index is 5.36. The van der Waals surface area contributed by atoms with Crippen LogP contribution < -0.4 is 5.43 Å². The highest BCUT2D eigenvalue weighted by atomic mass is 32.1. The molecule has 0 bridgehead atoms. The lowest BCUT2D eigenvalue weighted by atomic mass is 10.5. The number of hydrogen-bond donors (Lipinski definition) is 3. The molecule has 1 N–H and O–H groups in total. The van der Waals surface area contributed by atoms with Gasteiger partial charge in [-0.3, -0.25) is 0 Å². The van der Waals surface area contributed by atoms with E-state index in [1.807, 2.05) is 5.12 Å². The molecule has 2 aliphatic rings. The summed E-state index contributed by atoms with van der Waals surface area (Å²) in [5.74, 6) is 0. The quantitative estimate of drug-likeness (QED) is 0.377. The Morgan fingerprint density at radius 3 is 2.16 bits per heavy atom. The Morgan fingerprint density at radius 1 is 1.05 bits per heavy atom. The van der Waals surface area contributed by atoms with Crippen LogP contribution in [0.2, 0.25) is 0 Å². The van der Waals surface area contributed by atoms with E-state index < -0.39 is 0 Å². The van der Waals surface area contributed by atoms with Gasteiger partial charge < -0.3 is 4.74 Å². The highest BCUT2D eigenvalue weighted by molar-refractivity contribution is 8.11. The van der Waals surface area contributed by atoms with Gasteiger partial charge >= 0.3 is 0 Å². The molecular formula is C9H17N5OS4. The van der Waals surface area contributed by atoms with Gasteiger partial charge in [0, 0.05) is 26.2 Å². The third kappa shape index (κ3) is 3.91. The summed E-state index contributed by atoms with van der Waals surface area (Å²) in [6.07, 6.45) is 1.04. The molecule has 2 heterocycles. The van der Waals surface area contributed by atoms with Crippen LogP contribution in [0, 0.1) is 0 Å². The standard InChI is InChI=1S/C9H17N5OS4/c16-8(17)13(11-4-6-15-7-5-11)14(9(18)19)12-3-1-2-10-12/h10H,1-7H2,(H,16,17)(H,18,19). The Balaban J connectivity index is 2.17. The van der Waals surface area contributed by atoms with Crippen molar-refractivity contribution in [2.24, 2.45) is 0 Å². The number of nitrogens with zero attached hydrogens (tertiary/aromatic N) is 4. The first kappa shape index (κ1) is 15.7. The first-order valence-electron chi connectivity index (χ1n) is 6.01. The molecule has 2 fully saturated rings. The van der Waals surface area contributed by atoms with E-state index in [0.717, 1.165) is 32.6 Å². The zero-order valence-corrected chi connectivity index (χ0v) is 13.8. The third-order valence-corrected chi connectivity index (χ3v) is 3.53. The molecule has 0 aromatic heterocycles. The Bertz CT molecular complexity index is 346. The molecule has 0 radical (unpaired) electrons. The summed E-state index contributed by atoms with van der Waals surface area (Å²) in [4.78, 5) is 0. The second-order valence-corrected chi connectivity index (χ2v) is 6.32. The van der Waals surface area contributed by atoms with Crippen molar-refractivity contribution >= 4 is 58.3 Å². The maximum Gasteiger partial charge on any atom is 0.172 e. The largest absolute Gasteiger partial charge is 0.379 e. The molecule has 2 rings (SSSR count). The number of thiol groups is 2. The molecule has 0 saturated carbocycles. The van der Waals surface area contributed by atoms with Crippen molar-refractivity contribution < 1.29 is 4.74 Å². The van der Waals surface area contributed by atoms with Crippen molar-refractivity contribution in [1.82, 2.24) is 25.8 Å². The van der Waals surface area contributed by atoms with Crippen molar-refractivity contribution in [3.63, 3.8) is 0 Å². The van der Waals surface area contributed by atoms with Gasteiger partial charge in [-0.15, -0.1) is 30.4 Å². The molecule has 10 heteroatoms. The minimum atomic E-state index is 0.414. The van der Waals surface area contributed by atoms with E-state index >= 15 is 0 Å². The van der Waals surface area contributed by atoms with E-state index in [0.29, 0.717) is 21.9 Å². The number of thiocarbonyl (C=S) groups is 2. The van der Waals surface area contributed by atoms with Crippen LogP contribution in [0.1, 0.15) is 6.42 Å². The number of hydrogen-bond acceptors (Lipinski definition) is 6. The van der Waals surface area contributed by atoms with Crippen LogP contribution in [-0.2, 0) is 4.74 Å². The SMILES string of the molecule is S=C(S)N(N1CCOCC1)N(C(=S)S)N1CCCN1. The Labute approximate surface area is 134 Å². The minimum Gasteiger partial charge on any atom is -0.379 e. The maximum absolute atomic E-state index is 5.36. The van der Waals surface area contributed by atoms with Gasteiger partial charge in [-0.1, -0.05) is 0 Å². The summed E-state index contributed by atoms with van der Waals surface area (Å²) in [6.45, 7) is 4.55. The van der Waals surface area contributed by atoms with E-state index in [1.165, 1.54) is 0 Å². The molecule has 0 aliphatic carbocycles. The van der Waals surface area contributed by atoms with Gasteiger partial charge in [0.25, 0.3) is 0 Å². The summed E-state index contributed by atoms with van der Waals surface area (Å²) in [6, 6.07) is 0. The summed E-state index contributed by atoms with van der Waals surface area (Å²) in [5, 5.41) is 7.48. The number of nitrogens with one attached hydrogen (secondary N) is 1. The normalized spacial score (nSPS) is 21.4. The fourth-order valence-corrected chi connectivity index (χ4v) is 2.80. The second kappa shape index (κ2) is 7.36. The first-order valence-corrected chi connectivity index (χ1v) is 7.72. The number of morpholine rings is 1. The van der Waals surface area contributed by atoms with Gasteiger partial charge in [0.1, 0.15) is 0 Å². The number of rotatable bonds is 2. The molecule has 108 valence electrons. The van der Waals surface area contributed by atoms with Crippen molar-refractivity contribution in [1.29, 1.82) is 0 Å². The summed E-state index contributed by atoms with van der Waals surface area (Å²) in [5.41, 5.74) is 3.24. The highest BCUT2D eigenvalue weighted by Gasteiger charge is 2.32. The van der Waals surface area contributed by atoms with E-state index in [9.17, 15) is 0 Å². The molecule has 2 saturated heterocycles. The van der Waals surface area contributed by atoms with Gasteiger partial charge in [-0.05, 0) is 30.9 Å².